The van der Waals surface area contributed by atoms with Gasteiger partial charge in [0.2, 0.25) is 5.91 Å². The Labute approximate surface area is 145 Å². The van der Waals surface area contributed by atoms with Gasteiger partial charge in [-0.1, -0.05) is 42.6 Å². The molecule has 4 amide bonds. The number of imide groups is 1. The van der Waals surface area contributed by atoms with Crippen LogP contribution in [0.25, 0.3) is 0 Å². The Kier molecular flexibility index (Phi) is 4.49. The van der Waals surface area contributed by atoms with E-state index >= 15 is 0 Å². The minimum Gasteiger partial charge on any atom is -0.348 e. The van der Waals surface area contributed by atoms with Crippen molar-refractivity contribution < 1.29 is 14.4 Å². The summed E-state index contributed by atoms with van der Waals surface area (Å²) in [5, 5.41) is 6.11. The van der Waals surface area contributed by atoms with Crippen LogP contribution in [0.2, 0.25) is 5.02 Å². The van der Waals surface area contributed by atoms with Gasteiger partial charge in [0, 0.05) is 5.02 Å². The molecule has 1 aromatic rings. The first-order valence-corrected chi connectivity index (χ1v) is 8.49. The van der Waals surface area contributed by atoms with E-state index in [-0.39, 0.29) is 24.4 Å². The Morgan fingerprint density at radius 1 is 1.33 bits per heavy atom. The number of carbonyl (C=O) groups is 3. The Morgan fingerprint density at radius 2 is 2.00 bits per heavy atom. The van der Waals surface area contributed by atoms with Crippen LogP contribution in [0.15, 0.2) is 24.3 Å². The summed E-state index contributed by atoms with van der Waals surface area (Å²) in [7, 11) is 0. The second-order valence-corrected chi connectivity index (χ2v) is 6.83. The lowest BCUT2D eigenvalue weighted by atomic mass is 9.98. The van der Waals surface area contributed by atoms with Crippen LogP contribution in [0.5, 0.6) is 0 Å². The summed E-state index contributed by atoms with van der Waals surface area (Å²) >= 11 is 6.12. The molecule has 2 fully saturated rings. The summed E-state index contributed by atoms with van der Waals surface area (Å²) < 4.78 is 0. The largest absolute Gasteiger partial charge is 0.348 e. The number of hydrogen-bond donors (Lipinski definition) is 2. The van der Waals surface area contributed by atoms with E-state index in [0.717, 1.165) is 23.3 Å². The van der Waals surface area contributed by atoms with Crippen molar-refractivity contribution in [2.24, 2.45) is 0 Å². The minimum atomic E-state index is -0.786. The molecule has 2 aliphatic rings. The minimum absolute atomic E-state index is 0.277. The third-order valence-corrected chi connectivity index (χ3v) is 5.10. The van der Waals surface area contributed by atoms with Crippen LogP contribution < -0.4 is 10.6 Å². The summed E-state index contributed by atoms with van der Waals surface area (Å²) in [4.78, 5) is 37.9. The number of benzene rings is 1. The standard InChI is InChI=1S/C17H20ClN3O3/c1-11(12-6-2-3-7-13(12)18)19-14(22)10-21-15(23)17(20-16(21)24)8-4-5-9-17/h2-3,6-7,11H,4-5,8-10H2,1H3,(H,19,22)(H,20,24). The highest BCUT2D eigenvalue weighted by Gasteiger charge is 2.52. The smallest absolute Gasteiger partial charge is 0.325 e. The molecule has 0 aromatic heterocycles. The van der Waals surface area contributed by atoms with E-state index in [1.54, 1.807) is 6.07 Å². The van der Waals surface area contributed by atoms with Crippen molar-refractivity contribution in [3.8, 4) is 0 Å². The average Bonchev–Trinajstić information content (AvgIpc) is 3.09. The molecule has 128 valence electrons. The number of nitrogens with one attached hydrogen (secondary N) is 2. The zero-order valence-electron chi connectivity index (χ0n) is 13.5. The Bertz CT molecular complexity index is 685. The summed E-state index contributed by atoms with van der Waals surface area (Å²) in [6.45, 7) is 1.53. The molecule has 3 rings (SSSR count). The fourth-order valence-electron chi connectivity index (χ4n) is 3.47. The molecule has 1 heterocycles. The van der Waals surface area contributed by atoms with Crippen LogP contribution in [-0.2, 0) is 9.59 Å². The van der Waals surface area contributed by atoms with Crippen molar-refractivity contribution in [3.63, 3.8) is 0 Å². The Hall–Kier alpha value is -2.08. The van der Waals surface area contributed by atoms with Gasteiger partial charge >= 0.3 is 6.03 Å². The molecule has 1 aromatic carbocycles. The van der Waals surface area contributed by atoms with E-state index in [4.69, 9.17) is 11.6 Å². The highest BCUT2D eigenvalue weighted by atomic mass is 35.5. The van der Waals surface area contributed by atoms with Crippen molar-refractivity contribution in [3.05, 3.63) is 34.9 Å². The van der Waals surface area contributed by atoms with Gasteiger partial charge in [-0.25, -0.2) is 4.79 Å². The normalized spacial score (nSPS) is 20.3. The number of urea groups is 1. The van der Waals surface area contributed by atoms with Crippen LogP contribution in [-0.4, -0.2) is 34.8 Å². The predicted molar refractivity (Wildman–Crippen MR) is 89.5 cm³/mol. The molecule has 7 heteroatoms. The fourth-order valence-corrected chi connectivity index (χ4v) is 3.77. The van der Waals surface area contributed by atoms with Crippen LogP contribution in [0.4, 0.5) is 4.79 Å². The number of rotatable bonds is 4. The highest BCUT2D eigenvalue weighted by Crippen LogP contribution is 2.34. The number of halogens is 1. The summed E-state index contributed by atoms with van der Waals surface area (Å²) in [6, 6.07) is 6.43. The van der Waals surface area contributed by atoms with Crippen LogP contribution in [0.3, 0.4) is 0 Å². The van der Waals surface area contributed by atoms with E-state index in [9.17, 15) is 14.4 Å². The lowest BCUT2D eigenvalue weighted by Gasteiger charge is -2.20. The summed E-state index contributed by atoms with van der Waals surface area (Å²) in [5.74, 6) is -0.675. The monoisotopic (exact) mass is 349 g/mol. The zero-order chi connectivity index (χ0) is 17.3. The van der Waals surface area contributed by atoms with E-state index in [2.05, 4.69) is 10.6 Å². The number of hydrogen-bond acceptors (Lipinski definition) is 3. The molecule has 6 nitrogen and oxygen atoms in total. The van der Waals surface area contributed by atoms with Gasteiger partial charge in [-0.2, -0.15) is 0 Å². The van der Waals surface area contributed by atoms with Crippen molar-refractivity contribution >= 4 is 29.4 Å². The first-order valence-electron chi connectivity index (χ1n) is 8.11. The molecule has 1 aliphatic heterocycles. The van der Waals surface area contributed by atoms with E-state index in [1.165, 1.54) is 0 Å². The molecular formula is C17H20ClN3O3. The van der Waals surface area contributed by atoms with Gasteiger partial charge in [-0.15, -0.1) is 0 Å². The third-order valence-electron chi connectivity index (χ3n) is 4.75. The fraction of sp³-hybridized carbons (Fsp3) is 0.471. The third kappa shape index (κ3) is 2.98. The maximum Gasteiger partial charge on any atom is 0.325 e. The van der Waals surface area contributed by atoms with Crippen LogP contribution in [0.1, 0.15) is 44.2 Å². The molecule has 1 atom stereocenters. The van der Waals surface area contributed by atoms with Gasteiger partial charge in [0.25, 0.3) is 5.91 Å². The molecular weight excluding hydrogens is 330 g/mol. The van der Waals surface area contributed by atoms with Crippen molar-refractivity contribution in [2.45, 2.75) is 44.2 Å². The molecule has 1 aliphatic carbocycles. The van der Waals surface area contributed by atoms with Gasteiger partial charge in [0.05, 0.1) is 6.04 Å². The van der Waals surface area contributed by atoms with E-state index < -0.39 is 11.6 Å². The molecule has 24 heavy (non-hydrogen) atoms. The van der Waals surface area contributed by atoms with Crippen LogP contribution in [0, 0.1) is 0 Å². The number of amides is 4. The summed E-state index contributed by atoms with van der Waals surface area (Å²) in [5.41, 5.74) is 0.00288. The summed E-state index contributed by atoms with van der Waals surface area (Å²) in [6.07, 6.45) is 3.11. The van der Waals surface area contributed by atoms with Crippen molar-refractivity contribution in [1.29, 1.82) is 0 Å². The van der Waals surface area contributed by atoms with Gasteiger partial charge in [0.15, 0.2) is 0 Å². The van der Waals surface area contributed by atoms with E-state index in [1.807, 2.05) is 25.1 Å². The molecule has 0 radical (unpaired) electrons. The lowest BCUT2D eigenvalue weighted by Crippen LogP contribution is -2.45. The maximum absolute atomic E-state index is 12.5. The first-order chi connectivity index (χ1) is 11.4. The molecule has 1 spiro atoms. The second kappa shape index (κ2) is 6.43. The Morgan fingerprint density at radius 3 is 2.67 bits per heavy atom. The number of carbonyl (C=O) groups excluding carboxylic acids is 3. The van der Waals surface area contributed by atoms with Crippen molar-refractivity contribution in [2.75, 3.05) is 6.54 Å². The SMILES string of the molecule is CC(NC(=O)CN1C(=O)NC2(CCCC2)C1=O)c1ccccc1Cl. The predicted octanol–water partition coefficient (Wildman–Crippen LogP) is 2.38. The van der Waals surface area contributed by atoms with Gasteiger partial charge in [-0.3, -0.25) is 14.5 Å². The van der Waals surface area contributed by atoms with Crippen LogP contribution >= 0.6 is 11.6 Å². The topological polar surface area (TPSA) is 78.5 Å². The van der Waals surface area contributed by atoms with Gasteiger partial charge in [-0.05, 0) is 31.4 Å². The Balaban J connectivity index is 1.64. The maximum atomic E-state index is 12.5. The lowest BCUT2D eigenvalue weighted by molar-refractivity contribution is -0.135. The molecule has 1 saturated carbocycles. The average molecular weight is 350 g/mol. The first kappa shape index (κ1) is 16.8. The quantitative estimate of drug-likeness (QED) is 0.819. The highest BCUT2D eigenvalue weighted by molar-refractivity contribution is 6.31. The molecule has 1 unspecified atom stereocenters. The second-order valence-electron chi connectivity index (χ2n) is 6.42. The molecule has 2 N–H and O–H groups in total. The number of nitrogens with zero attached hydrogens (tertiary/aromatic N) is 1. The van der Waals surface area contributed by atoms with Gasteiger partial charge < -0.3 is 10.6 Å². The van der Waals surface area contributed by atoms with Gasteiger partial charge in [0.1, 0.15) is 12.1 Å². The molecule has 0 bridgehead atoms. The van der Waals surface area contributed by atoms with Crippen molar-refractivity contribution in [1.82, 2.24) is 15.5 Å². The molecule has 1 saturated heterocycles. The van der Waals surface area contributed by atoms with E-state index in [0.29, 0.717) is 17.9 Å². The zero-order valence-corrected chi connectivity index (χ0v) is 14.2.